The molecule has 0 amide bonds. The van der Waals surface area contributed by atoms with E-state index >= 15 is 0 Å². The van der Waals surface area contributed by atoms with E-state index in [0.29, 0.717) is 0 Å². The fraction of sp³-hybridized carbons (Fsp3) is 0.500. The van der Waals surface area contributed by atoms with Crippen molar-refractivity contribution >= 4 is 10.4 Å². The minimum Gasteiger partial charge on any atom is -0.197 e. The normalized spacial score (nSPS) is 31.7. The summed E-state index contributed by atoms with van der Waals surface area (Å²) in [4.78, 5) is 3.85. The Balaban J connectivity index is 2.72. The van der Waals surface area contributed by atoms with E-state index in [0.717, 1.165) is 0 Å². The molecule has 1 unspecified atom stereocenters. The van der Waals surface area contributed by atoms with Crippen molar-refractivity contribution in [1.29, 1.82) is 5.26 Å². The summed E-state index contributed by atoms with van der Waals surface area (Å²) in [7, 11) is -4.05. The van der Waals surface area contributed by atoms with Gasteiger partial charge in [-0.15, -0.1) is 0 Å². The molecule has 0 N–H and O–H groups in total. The molecule has 0 radical (unpaired) electrons. The highest BCUT2D eigenvalue weighted by Crippen LogP contribution is 2.12. The van der Waals surface area contributed by atoms with Crippen molar-refractivity contribution in [2.75, 3.05) is 0 Å². The molecule has 0 aromatic rings. The molecule has 0 aromatic heterocycles. The van der Waals surface area contributed by atoms with Crippen LogP contribution in [0.3, 0.4) is 0 Å². The average molecular weight is 151 g/mol. The van der Waals surface area contributed by atoms with E-state index in [1.54, 1.807) is 0 Å². The smallest absolute Gasteiger partial charge is 0.197 e. The zero-order chi connectivity index (χ0) is 6.91. The van der Waals surface area contributed by atoms with Gasteiger partial charge in [0.05, 0.1) is 0 Å². The van der Waals surface area contributed by atoms with Gasteiger partial charge in [-0.3, -0.25) is 0 Å². The molecule has 0 spiro atoms. The fourth-order valence-corrected chi connectivity index (χ4v) is 0.755. The third kappa shape index (κ3) is 1.36. The van der Waals surface area contributed by atoms with Gasteiger partial charge in [0.1, 0.15) is 6.07 Å². The molecule has 1 rings (SSSR count). The summed E-state index contributed by atoms with van der Waals surface area (Å²) >= 11 is 0. The Morgan fingerprint density at radius 3 is 2.44 bits per heavy atom. The third-order valence-corrected chi connectivity index (χ3v) is 1.18. The summed E-state index contributed by atoms with van der Waals surface area (Å²) < 4.78 is 27.6. The van der Waals surface area contributed by atoms with Crippen LogP contribution in [0.5, 0.6) is 0 Å². The second-order valence-electron chi connectivity index (χ2n) is 1.13. The van der Waals surface area contributed by atoms with Gasteiger partial charge in [-0.2, -0.15) is 22.8 Å². The Bertz CT molecular complexity index is 236. The van der Waals surface area contributed by atoms with Gasteiger partial charge >= 0.3 is 10.4 Å². The number of nitriles is 1. The molecule has 7 heteroatoms. The Labute approximate surface area is 50.8 Å². The third-order valence-electron chi connectivity index (χ3n) is 0.521. The van der Waals surface area contributed by atoms with Crippen LogP contribution in [0, 0.1) is 11.3 Å². The highest BCUT2D eigenvalue weighted by Gasteiger charge is 2.31. The lowest BCUT2D eigenvalue weighted by atomic mass is 10.8. The molecule has 50 valence electrons. The predicted octanol–water partition coefficient (Wildman–Crippen LogP) is -0.941. The number of nitrogens with zero attached hydrogens (tertiary/aromatic N) is 1. The second kappa shape index (κ2) is 1.93. The van der Waals surface area contributed by atoms with E-state index in [9.17, 15) is 8.42 Å². The van der Waals surface area contributed by atoms with Crippen LogP contribution < -0.4 is 0 Å². The first-order valence-corrected chi connectivity index (χ1v) is 3.15. The average Bonchev–Trinajstić information content (AvgIpc) is 2.10. The van der Waals surface area contributed by atoms with Gasteiger partial charge in [-0.25, -0.2) is 0 Å². The minimum atomic E-state index is -4.05. The summed E-state index contributed by atoms with van der Waals surface area (Å²) in [5.74, 6) is 0. The molecule has 1 atom stereocenters. The van der Waals surface area contributed by atoms with Crippen LogP contribution in [-0.2, 0) is 23.8 Å². The number of hydrogen-bond donors (Lipinski definition) is 0. The molecule has 0 aromatic carbocycles. The van der Waals surface area contributed by atoms with Crippen molar-refractivity contribution in [1.82, 2.24) is 0 Å². The molecule has 0 aliphatic carbocycles. The Kier molecular flexibility index (Phi) is 1.38. The maximum Gasteiger partial charge on any atom is 0.430 e. The molecule has 1 saturated heterocycles. The molecule has 1 aliphatic rings. The number of hydrogen-bond acceptors (Lipinski definition) is 6. The lowest BCUT2D eigenvalue weighted by molar-refractivity contribution is -0.223. The first kappa shape index (κ1) is 6.44. The van der Waals surface area contributed by atoms with Crippen molar-refractivity contribution in [3.8, 4) is 6.07 Å². The monoisotopic (exact) mass is 151 g/mol. The molecule has 0 saturated carbocycles. The SMILES string of the molecule is N#CC1OOS(=O)(=O)O1. The Hall–Kier alpha value is -0.680. The predicted molar refractivity (Wildman–Crippen MR) is 21.6 cm³/mol. The van der Waals surface area contributed by atoms with Crippen molar-refractivity contribution < 1.29 is 21.8 Å². The summed E-state index contributed by atoms with van der Waals surface area (Å²) in [6.45, 7) is 0. The van der Waals surface area contributed by atoms with Crippen LogP contribution in [0.2, 0.25) is 0 Å². The van der Waals surface area contributed by atoms with Crippen molar-refractivity contribution in [3.63, 3.8) is 0 Å². The van der Waals surface area contributed by atoms with Crippen molar-refractivity contribution in [3.05, 3.63) is 0 Å². The maximum atomic E-state index is 10.1. The van der Waals surface area contributed by atoms with Crippen LogP contribution >= 0.6 is 0 Å². The lowest BCUT2D eigenvalue weighted by Crippen LogP contribution is -2.03. The lowest BCUT2D eigenvalue weighted by Gasteiger charge is -1.83. The summed E-state index contributed by atoms with van der Waals surface area (Å²) in [6, 6.07) is 1.37. The topological polar surface area (TPSA) is 85.6 Å². The maximum absolute atomic E-state index is 10.1. The quantitative estimate of drug-likeness (QED) is 0.415. The standard InChI is InChI=1S/C2HNO5S/c3-1-2-6-8-9(4,5)7-2/h2H. The van der Waals surface area contributed by atoms with E-state index in [2.05, 4.69) is 13.4 Å². The number of rotatable bonds is 0. The van der Waals surface area contributed by atoms with E-state index in [4.69, 9.17) is 5.26 Å². The molecule has 0 bridgehead atoms. The zero-order valence-corrected chi connectivity index (χ0v) is 4.79. The van der Waals surface area contributed by atoms with Gasteiger partial charge in [0.2, 0.25) is 0 Å². The highest BCUT2D eigenvalue weighted by atomic mass is 32.3. The minimum absolute atomic E-state index is 1.37. The Morgan fingerprint density at radius 2 is 2.22 bits per heavy atom. The molecular weight excluding hydrogens is 150 g/mol. The first-order chi connectivity index (χ1) is 4.14. The zero-order valence-electron chi connectivity index (χ0n) is 3.97. The van der Waals surface area contributed by atoms with Gasteiger partial charge in [-0.1, -0.05) is 4.33 Å². The van der Waals surface area contributed by atoms with Gasteiger partial charge in [0, 0.05) is 0 Å². The van der Waals surface area contributed by atoms with E-state index in [1.807, 2.05) is 0 Å². The first-order valence-electron chi connectivity index (χ1n) is 1.82. The molecule has 1 fully saturated rings. The summed E-state index contributed by atoms with van der Waals surface area (Å²) in [6.07, 6.45) is -1.46. The fourth-order valence-electron chi connectivity index (χ4n) is 0.266. The van der Waals surface area contributed by atoms with E-state index < -0.39 is 16.7 Å². The summed E-state index contributed by atoms with van der Waals surface area (Å²) in [5, 5.41) is 7.95. The molecule has 1 aliphatic heterocycles. The van der Waals surface area contributed by atoms with Crippen molar-refractivity contribution in [2.45, 2.75) is 6.29 Å². The molecule has 6 nitrogen and oxygen atoms in total. The second-order valence-corrected chi connectivity index (χ2v) is 2.27. The molecule has 9 heavy (non-hydrogen) atoms. The highest BCUT2D eigenvalue weighted by molar-refractivity contribution is 7.81. The van der Waals surface area contributed by atoms with Gasteiger partial charge in [0.25, 0.3) is 6.29 Å². The molecular formula is C2HNO5S. The van der Waals surface area contributed by atoms with Gasteiger partial charge < -0.3 is 0 Å². The largest absolute Gasteiger partial charge is 0.430 e. The Morgan fingerprint density at radius 1 is 1.56 bits per heavy atom. The van der Waals surface area contributed by atoms with Crippen LogP contribution in [-0.4, -0.2) is 14.7 Å². The van der Waals surface area contributed by atoms with Crippen LogP contribution in [0.25, 0.3) is 0 Å². The van der Waals surface area contributed by atoms with E-state index in [1.165, 1.54) is 6.07 Å². The van der Waals surface area contributed by atoms with Crippen molar-refractivity contribution in [2.24, 2.45) is 0 Å². The van der Waals surface area contributed by atoms with E-state index in [-0.39, 0.29) is 0 Å². The van der Waals surface area contributed by atoms with Gasteiger partial charge in [-0.05, 0) is 0 Å². The summed E-state index contributed by atoms with van der Waals surface area (Å²) in [5.41, 5.74) is 0. The molecule has 1 heterocycles. The van der Waals surface area contributed by atoms with Crippen LogP contribution in [0.15, 0.2) is 0 Å². The van der Waals surface area contributed by atoms with Crippen LogP contribution in [0.1, 0.15) is 0 Å². The van der Waals surface area contributed by atoms with Gasteiger partial charge in [0.15, 0.2) is 0 Å². The van der Waals surface area contributed by atoms with Crippen LogP contribution in [0.4, 0.5) is 0 Å².